The number of aliphatic hydroxyl groups is 3. The molecule has 16 nitrogen and oxygen atoms in total. The summed E-state index contributed by atoms with van der Waals surface area (Å²) in [6, 6.07) is 3.92. The van der Waals surface area contributed by atoms with Crippen molar-refractivity contribution in [3.8, 4) is 0 Å². The van der Waals surface area contributed by atoms with Crippen LogP contribution >= 0.6 is 0 Å². The number of halogens is 1. The molecule has 1 unspecified atom stereocenters. The summed E-state index contributed by atoms with van der Waals surface area (Å²) >= 11 is 0. The van der Waals surface area contributed by atoms with Gasteiger partial charge in [-0.05, 0) is 62.3 Å². The molecule has 276 valence electrons. The molecular formula is C34H39FN2O14. The van der Waals surface area contributed by atoms with Gasteiger partial charge in [-0.25, -0.2) is 18.8 Å². The van der Waals surface area contributed by atoms with Crippen LogP contribution in [0.2, 0.25) is 0 Å². The molecule has 0 radical (unpaired) electrons. The van der Waals surface area contributed by atoms with Crippen molar-refractivity contribution in [2.24, 2.45) is 22.7 Å². The lowest BCUT2D eigenvalue weighted by molar-refractivity contribution is -0.757. The van der Waals surface area contributed by atoms with Gasteiger partial charge in [0.05, 0.1) is 17.8 Å². The predicted molar refractivity (Wildman–Crippen MR) is 169 cm³/mol. The van der Waals surface area contributed by atoms with E-state index in [2.05, 4.69) is 4.84 Å². The normalized spacial score (nSPS) is 34.2. The fraction of sp³-hybridized carbons (Fsp3) is 0.559. The van der Waals surface area contributed by atoms with Gasteiger partial charge in [0.25, 0.3) is 5.09 Å². The number of alkyl halides is 1. The number of aliphatic carboxylic acids is 1. The second-order valence-electron chi connectivity index (χ2n) is 13.9. The number of amides is 1. The van der Waals surface area contributed by atoms with E-state index in [1.165, 1.54) is 37.3 Å². The number of hydrogen-bond donors (Lipinski definition) is 5. The number of allylic oxidation sites excluding steroid dienone is 4. The zero-order valence-corrected chi connectivity index (χ0v) is 27.8. The molecule has 0 aliphatic heterocycles. The number of carbonyl (C=O) groups excluding carboxylic acids is 4. The van der Waals surface area contributed by atoms with Crippen LogP contribution in [0.4, 0.5) is 9.18 Å². The van der Waals surface area contributed by atoms with Crippen molar-refractivity contribution in [3.63, 3.8) is 0 Å². The van der Waals surface area contributed by atoms with E-state index in [9.17, 15) is 54.5 Å². The molecule has 0 bridgehead atoms. The van der Waals surface area contributed by atoms with Crippen LogP contribution in [0.5, 0.6) is 0 Å². The Bertz CT molecular complexity index is 1700. The molecule has 0 aromatic heterocycles. The predicted octanol–water partition coefficient (Wildman–Crippen LogP) is 1.42. The molecule has 0 saturated heterocycles. The van der Waals surface area contributed by atoms with Crippen molar-refractivity contribution in [2.75, 3.05) is 19.8 Å². The highest BCUT2D eigenvalue weighted by molar-refractivity contribution is 5.94. The van der Waals surface area contributed by atoms with Crippen molar-refractivity contribution in [3.05, 3.63) is 69.3 Å². The second-order valence-corrected chi connectivity index (χ2v) is 13.9. The highest BCUT2D eigenvalue weighted by Crippen LogP contribution is 2.69. The summed E-state index contributed by atoms with van der Waals surface area (Å²) in [6.07, 6.45) is -0.880. The number of carbonyl (C=O) groups is 5. The first-order chi connectivity index (χ1) is 23.9. The maximum Gasteiger partial charge on any atom is 0.408 e. The molecule has 4 aliphatic rings. The molecule has 2 fully saturated rings. The van der Waals surface area contributed by atoms with Gasteiger partial charge >= 0.3 is 18.0 Å². The van der Waals surface area contributed by atoms with Gasteiger partial charge in [0.2, 0.25) is 5.78 Å². The molecule has 1 aromatic rings. The van der Waals surface area contributed by atoms with Crippen LogP contribution in [0.3, 0.4) is 0 Å². The van der Waals surface area contributed by atoms with Crippen LogP contribution < -0.4 is 5.32 Å². The highest BCUT2D eigenvalue weighted by Gasteiger charge is 2.76. The van der Waals surface area contributed by atoms with E-state index in [-0.39, 0.29) is 43.6 Å². The Morgan fingerprint density at radius 1 is 1.14 bits per heavy atom. The number of ketones is 2. The van der Waals surface area contributed by atoms with Gasteiger partial charge < -0.3 is 40.1 Å². The molecule has 0 spiro atoms. The Labute approximate surface area is 290 Å². The number of carboxylic acids is 1. The Kier molecular flexibility index (Phi) is 10.1. The summed E-state index contributed by atoms with van der Waals surface area (Å²) in [7, 11) is 0. The number of benzene rings is 1. The molecule has 0 heterocycles. The van der Waals surface area contributed by atoms with Gasteiger partial charge in [-0.15, -0.1) is 10.1 Å². The molecule has 17 heteroatoms. The van der Waals surface area contributed by atoms with Crippen molar-refractivity contribution in [2.45, 2.75) is 75.5 Å². The van der Waals surface area contributed by atoms with Gasteiger partial charge in [-0.2, -0.15) is 0 Å². The SMILES string of the molecule is C[C@]12C=CC(=O)CC1=CC[C@H]1[C@@H]3C[C@@H](O)[C@](O)(C(=O)COC(=O)NC(COC(=O)c4cccc(CCO[N+](=O)[O-])c4)C(=O)O)[C@@]3(C)C[C@H](O)[C@@]12F. The maximum atomic E-state index is 17.3. The minimum atomic E-state index is -2.59. The number of nitrogens with zero attached hydrogens (tertiary/aromatic N) is 1. The number of fused-ring (bicyclic) bond motifs is 5. The largest absolute Gasteiger partial charge is 0.480 e. The molecule has 1 aromatic carbocycles. The Balaban J connectivity index is 1.21. The summed E-state index contributed by atoms with van der Waals surface area (Å²) in [4.78, 5) is 77.2. The number of aliphatic hydroxyl groups excluding tert-OH is 2. The molecule has 9 atom stereocenters. The summed E-state index contributed by atoms with van der Waals surface area (Å²) in [5.74, 6) is -5.72. The van der Waals surface area contributed by atoms with E-state index in [4.69, 9.17) is 9.47 Å². The third kappa shape index (κ3) is 6.38. The Morgan fingerprint density at radius 2 is 1.86 bits per heavy atom. The zero-order valence-electron chi connectivity index (χ0n) is 27.8. The van der Waals surface area contributed by atoms with Gasteiger partial charge in [-0.1, -0.05) is 36.8 Å². The number of carboxylic acid groups (broad SMARTS) is 1. The number of nitrogens with one attached hydrogen (secondary N) is 1. The van der Waals surface area contributed by atoms with E-state index < -0.39 is 101 Å². The second kappa shape index (κ2) is 13.8. The first-order valence-electron chi connectivity index (χ1n) is 16.3. The van der Waals surface area contributed by atoms with Crippen molar-refractivity contribution >= 4 is 29.6 Å². The van der Waals surface area contributed by atoms with Crippen molar-refractivity contribution in [1.29, 1.82) is 0 Å². The van der Waals surface area contributed by atoms with Crippen LogP contribution in [0, 0.1) is 32.8 Å². The van der Waals surface area contributed by atoms with Crippen LogP contribution in [-0.2, 0) is 35.1 Å². The average Bonchev–Trinajstić information content (AvgIpc) is 3.27. The topological polar surface area (TPSA) is 249 Å². The average molecular weight is 719 g/mol. The number of alkyl carbamates (subject to hydrolysis) is 1. The first kappa shape index (κ1) is 37.5. The molecular weight excluding hydrogens is 679 g/mol. The van der Waals surface area contributed by atoms with Crippen LogP contribution in [0.15, 0.2) is 48.1 Å². The minimum Gasteiger partial charge on any atom is -0.480 e. The lowest BCUT2D eigenvalue weighted by atomic mass is 9.45. The third-order valence-corrected chi connectivity index (χ3v) is 11.3. The Hall–Kier alpha value is -4.74. The van der Waals surface area contributed by atoms with E-state index in [1.807, 2.05) is 5.32 Å². The summed E-state index contributed by atoms with van der Waals surface area (Å²) < 4.78 is 27.2. The van der Waals surface area contributed by atoms with Gasteiger partial charge in [-0.3, -0.25) is 9.59 Å². The summed E-state index contributed by atoms with van der Waals surface area (Å²) in [6.45, 7) is 0.795. The number of hydrogen-bond acceptors (Lipinski definition) is 13. The summed E-state index contributed by atoms with van der Waals surface area (Å²) in [5.41, 5.74) is -6.77. The van der Waals surface area contributed by atoms with Crippen LogP contribution in [0.1, 0.15) is 55.5 Å². The van der Waals surface area contributed by atoms with Gasteiger partial charge in [0, 0.05) is 23.2 Å². The fourth-order valence-corrected chi connectivity index (χ4v) is 8.57. The number of Topliss-reactive ketones (excluding diaryl/α,β-unsaturated/α-hetero) is 1. The standard InChI is InChI=1S/C34H39FN2O14/c1-31-10-8-21(38)13-20(31)6-7-22-23-14-25(39)34(46,32(23,2)15-26(40)33(22,31)35)27(41)17-50-30(45)36-24(28(42)43)16-49-29(44)19-5-3-4-18(12-19)9-11-51-37(47)48/h3-6,8,10,12,22-26,39-40,46H,7,9,11,13-17H2,1-2H3,(H,36,45)(H,42,43)/t22-,23-,24?,25+,26-,31-,32-,33-,34-/m0/s1. The monoisotopic (exact) mass is 718 g/mol. The number of rotatable bonds is 12. The lowest BCUT2D eigenvalue weighted by Crippen LogP contribution is -2.69. The maximum absolute atomic E-state index is 17.3. The first-order valence-corrected chi connectivity index (χ1v) is 16.3. The number of esters is 1. The summed E-state index contributed by atoms with van der Waals surface area (Å²) in [5, 5.41) is 55.3. The molecule has 4 aliphatic carbocycles. The van der Waals surface area contributed by atoms with E-state index in [0.29, 0.717) is 11.1 Å². The van der Waals surface area contributed by atoms with Gasteiger partial charge in [0.15, 0.2) is 29.7 Å². The Morgan fingerprint density at radius 3 is 2.55 bits per heavy atom. The fourth-order valence-electron chi connectivity index (χ4n) is 8.57. The van der Waals surface area contributed by atoms with Crippen LogP contribution in [0.25, 0.3) is 0 Å². The quantitative estimate of drug-likeness (QED) is 0.0888. The van der Waals surface area contributed by atoms with E-state index in [1.54, 1.807) is 19.1 Å². The van der Waals surface area contributed by atoms with Crippen LogP contribution in [-0.4, -0.2) is 104 Å². The third-order valence-electron chi connectivity index (χ3n) is 11.3. The lowest BCUT2D eigenvalue weighted by Gasteiger charge is -2.61. The molecule has 51 heavy (non-hydrogen) atoms. The number of ether oxygens (including phenoxy) is 2. The van der Waals surface area contributed by atoms with Gasteiger partial charge in [0.1, 0.15) is 13.2 Å². The van der Waals surface area contributed by atoms with Crippen molar-refractivity contribution < 1.29 is 68.2 Å². The molecule has 5 rings (SSSR count). The molecule has 1 amide bonds. The van der Waals surface area contributed by atoms with E-state index >= 15 is 4.39 Å². The molecule has 5 N–H and O–H groups in total. The van der Waals surface area contributed by atoms with E-state index in [0.717, 1.165) is 0 Å². The highest BCUT2D eigenvalue weighted by atomic mass is 19.1. The zero-order chi connectivity index (χ0) is 37.5. The molecule has 2 saturated carbocycles. The van der Waals surface area contributed by atoms with Crippen molar-refractivity contribution in [1.82, 2.24) is 5.32 Å². The smallest absolute Gasteiger partial charge is 0.408 e. The minimum absolute atomic E-state index is 0.00486.